The summed E-state index contributed by atoms with van der Waals surface area (Å²) in [5, 5.41) is 4.55. The molecule has 1 aromatic heterocycles. The van der Waals surface area contributed by atoms with Gasteiger partial charge in [-0.2, -0.15) is 13.2 Å². The van der Waals surface area contributed by atoms with Crippen LogP contribution in [0.5, 0.6) is 0 Å². The molecular weight excluding hydrogens is 299 g/mol. The summed E-state index contributed by atoms with van der Waals surface area (Å²) in [6.07, 6.45) is -5.17. The van der Waals surface area contributed by atoms with Gasteiger partial charge in [-0.25, -0.2) is 4.79 Å². The predicted molar refractivity (Wildman–Crippen MR) is 61.9 cm³/mol. The molecule has 2 N–H and O–H groups in total. The molecule has 2 rings (SSSR count). The van der Waals surface area contributed by atoms with Gasteiger partial charge in [0.1, 0.15) is 0 Å². The molecule has 0 aromatic carbocycles. The minimum Gasteiger partial charge on any atom is -0.313 e. The van der Waals surface area contributed by atoms with Gasteiger partial charge in [-0.3, -0.25) is 19.8 Å². The summed E-state index contributed by atoms with van der Waals surface area (Å²) in [5.74, 6) is -2.68. The van der Waals surface area contributed by atoms with Gasteiger partial charge in [0, 0.05) is 7.05 Å². The van der Waals surface area contributed by atoms with Crippen LogP contribution in [0, 0.1) is 0 Å². The van der Waals surface area contributed by atoms with Crippen molar-refractivity contribution < 1.29 is 27.6 Å². The molecular formula is C10H8F3N3O3S. The number of urea groups is 1. The minimum absolute atomic E-state index is 0.00905. The zero-order valence-corrected chi connectivity index (χ0v) is 10.8. The Labute approximate surface area is 114 Å². The average Bonchev–Trinajstić information content (AvgIpc) is 2.93. The monoisotopic (exact) mass is 307 g/mol. The van der Waals surface area contributed by atoms with Crippen LogP contribution >= 0.6 is 11.3 Å². The highest BCUT2D eigenvalue weighted by molar-refractivity contribution is 7.12. The topological polar surface area (TPSA) is 78.5 Å². The van der Waals surface area contributed by atoms with Gasteiger partial charge in [0.25, 0.3) is 17.5 Å². The molecule has 0 bridgehead atoms. The number of nitrogens with zero attached hydrogens (tertiary/aromatic N) is 1. The molecule has 0 saturated carbocycles. The summed E-state index contributed by atoms with van der Waals surface area (Å²) in [7, 11) is 0.891. The fourth-order valence-corrected chi connectivity index (χ4v) is 2.25. The number of hydrogen-bond donors (Lipinski definition) is 2. The second-order valence-electron chi connectivity index (χ2n) is 3.97. The molecule has 0 radical (unpaired) electrons. The van der Waals surface area contributed by atoms with E-state index in [2.05, 4.69) is 0 Å². The van der Waals surface area contributed by atoms with Gasteiger partial charge in [0.15, 0.2) is 0 Å². The third kappa shape index (κ3) is 2.01. The Balaban J connectivity index is 2.38. The lowest BCUT2D eigenvalue weighted by Crippen LogP contribution is -2.69. The van der Waals surface area contributed by atoms with Gasteiger partial charge >= 0.3 is 12.2 Å². The highest BCUT2D eigenvalue weighted by atomic mass is 32.1. The SMILES string of the molecule is CN1C(=O)N[C@@](NC(=O)c2cccs2)(C(F)(F)F)C1=O. The summed E-state index contributed by atoms with van der Waals surface area (Å²) in [5.41, 5.74) is -3.43. The minimum atomic E-state index is -5.17. The third-order valence-corrected chi connectivity index (χ3v) is 3.56. The Morgan fingerprint density at radius 1 is 1.45 bits per heavy atom. The second kappa shape index (κ2) is 4.47. The van der Waals surface area contributed by atoms with E-state index in [0.29, 0.717) is 0 Å². The highest BCUT2D eigenvalue weighted by Gasteiger charge is 2.68. The maximum atomic E-state index is 13.1. The number of carbonyl (C=O) groups excluding carboxylic acids is 3. The molecule has 4 amide bonds. The number of imide groups is 1. The molecule has 1 aromatic rings. The van der Waals surface area contributed by atoms with Crippen molar-refractivity contribution in [3.8, 4) is 0 Å². The van der Waals surface area contributed by atoms with Crippen molar-refractivity contribution in [2.24, 2.45) is 0 Å². The van der Waals surface area contributed by atoms with E-state index in [-0.39, 0.29) is 9.78 Å². The summed E-state index contributed by atoms with van der Waals surface area (Å²) in [4.78, 5) is 35.0. The molecule has 10 heteroatoms. The lowest BCUT2D eigenvalue weighted by atomic mass is 10.1. The highest BCUT2D eigenvalue weighted by Crippen LogP contribution is 2.33. The van der Waals surface area contributed by atoms with Crippen molar-refractivity contribution >= 4 is 29.2 Å². The number of thiophene rings is 1. The van der Waals surface area contributed by atoms with Gasteiger partial charge in [0.2, 0.25) is 0 Å². The first-order valence-electron chi connectivity index (χ1n) is 5.22. The van der Waals surface area contributed by atoms with E-state index in [0.717, 1.165) is 18.4 Å². The molecule has 0 aliphatic carbocycles. The average molecular weight is 307 g/mol. The van der Waals surface area contributed by atoms with Gasteiger partial charge in [-0.1, -0.05) is 6.07 Å². The first kappa shape index (κ1) is 14.3. The van der Waals surface area contributed by atoms with Crippen LogP contribution in [0.3, 0.4) is 0 Å². The Hall–Kier alpha value is -2.10. The first-order chi connectivity index (χ1) is 9.19. The maximum absolute atomic E-state index is 13.1. The van der Waals surface area contributed by atoms with Crippen LogP contribution in [-0.4, -0.2) is 41.6 Å². The molecule has 0 spiro atoms. The summed E-state index contributed by atoms with van der Waals surface area (Å²) >= 11 is 0.910. The lowest BCUT2D eigenvalue weighted by molar-refractivity contribution is -0.199. The van der Waals surface area contributed by atoms with Gasteiger partial charge in [-0.05, 0) is 11.4 Å². The molecule has 1 fully saturated rings. The van der Waals surface area contributed by atoms with Crippen LogP contribution < -0.4 is 10.6 Å². The van der Waals surface area contributed by atoms with Gasteiger partial charge < -0.3 is 5.32 Å². The zero-order chi connectivity index (χ0) is 15.1. The lowest BCUT2D eigenvalue weighted by Gasteiger charge is -2.29. The van der Waals surface area contributed by atoms with Crippen LogP contribution in [0.25, 0.3) is 0 Å². The van der Waals surface area contributed by atoms with Crippen LogP contribution in [-0.2, 0) is 4.79 Å². The van der Waals surface area contributed by atoms with E-state index in [1.807, 2.05) is 0 Å². The van der Waals surface area contributed by atoms with Crippen molar-refractivity contribution in [3.63, 3.8) is 0 Å². The molecule has 1 aliphatic rings. The maximum Gasteiger partial charge on any atom is 0.440 e. The molecule has 108 valence electrons. The molecule has 20 heavy (non-hydrogen) atoms. The predicted octanol–water partition coefficient (Wildman–Crippen LogP) is 0.918. The summed E-state index contributed by atoms with van der Waals surface area (Å²) < 4.78 is 39.4. The van der Waals surface area contributed by atoms with Crippen LogP contribution in [0.1, 0.15) is 9.67 Å². The van der Waals surface area contributed by atoms with Gasteiger partial charge in [-0.15, -0.1) is 11.3 Å². The fourth-order valence-electron chi connectivity index (χ4n) is 1.63. The van der Waals surface area contributed by atoms with E-state index in [1.165, 1.54) is 22.8 Å². The number of nitrogens with one attached hydrogen (secondary N) is 2. The molecule has 1 saturated heterocycles. The quantitative estimate of drug-likeness (QED) is 0.798. The standard InChI is InChI=1S/C10H8F3N3O3S/c1-16-7(18)9(10(11,12)13,15-8(16)19)14-6(17)5-3-2-4-20-5/h2-4H,1H3,(H,14,17)(H,15,19)/t9-/m1/s1. The number of amides is 4. The number of alkyl halides is 3. The molecule has 1 atom stereocenters. The van der Waals surface area contributed by atoms with Crippen LogP contribution in [0.15, 0.2) is 17.5 Å². The van der Waals surface area contributed by atoms with E-state index in [1.54, 1.807) is 5.32 Å². The Bertz CT molecular complexity index is 572. The third-order valence-electron chi connectivity index (χ3n) is 2.70. The van der Waals surface area contributed by atoms with E-state index < -0.39 is 29.7 Å². The number of carbonyl (C=O) groups is 3. The number of halogens is 3. The summed E-state index contributed by atoms with van der Waals surface area (Å²) in [6, 6.07) is 1.54. The van der Waals surface area contributed by atoms with Crippen molar-refractivity contribution in [1.29, 1.82) is 0 Å². The smallest absolute Gasteiger partial charge is 0.313 e. The Morgan fingerprint density at radius 3 is 2.50 bits per heavy atom. The molecule has 2 heterocycles. The van der Waals surface area contributed by atoms with Crippen LogP contribution in [0.4, 0.5) is 18.0 Å². The molecule has 1 aliphatic heterocycles. The van der Waals surface area contributed by atoms with E-state index >= 15 is 0 Å². The van der Waals surface area contributed by atoms with Crippen molar-refractivity contribution in [1.82, 2.24) is 15.5 Å². The van der Waals surface area contributed by atoms with Crippen molar-refractivity contribution in [3.05, 3.63) is 22.4 Å². The van der Waals surface area contributed by atoms with Crippen molar-refractivity contribution in [2.45, 2.75) is 11.8 Å². The summed E-state index contributed by atoms with van der Waals surface area (Å²) in [6.45, 7) is 0. The normalized spacial score (nSPS) is 22.9. The zero-order valence-electron chi connectivity index (χ0n) is 9.95. The Kier molecular flexibility index (Phi) is 3.20. The molecule has 0 unspecified atom stereocenters. The van der Waals surface area contributed by atoms with Crippen molar-refractivity contribution in [2.75, 3.05) is 7.05 Å². The largest absolute Gasteiger partial charge is 0.440 e. The first-order valence-corrected chi connectivity index (χ1v) is 6.10. The molecule has 6 nitrogen and oxygen atoms in total. The van der Waals surface area contributed by atoms with E-state index in [9.17, 15) is 27.6 Å². The van der Waals surface area contributed by atoms with Gasteiger partial charge in [0.05, 0.1) is 4.88 Å². The fraction of sp³-hybridized carbons (Fsp3) is 0.300. The van der Waals surface area contributed by atoms with Crippen LogP contribution in [0.2, 0.25) is 0 Å². The Morgan fingerprint density at radius 2 is 2.10 bits per heavy atom. The number of hydrogen-bond acceptors (Lipinski definition) is 4. The number of likely N-dealkylation sites (N-methyl/N-ethyl adjacent to an activating group) is 1. The van der Waals surface area contributed by atoms with E-state index in [4.69, 9.17) is 0 Å². The second-order valence-corrected chi connectivity index (χ2v) is 4.92. The number of rotatable bonds is 2.